The molecule has 6 heteroatoms. The van der Waals surface area contributed by atoms with Crippen molar-refractivity contribution in [3.05, 3.63) is 41.3 Å². The highest BCUT2D eigenvalue weighted by Gasteiger charge is 2.31. The number of ether oxygens (including phenoxy) is 2. The monoisotopic (exact) mass is 485 g/mol. The van der Waals surface area contributed by atoms with Gasteiger partial charge in [-0.25, -0.2) is 9.78 Å². The SMILES string of the molecule is CC(C)c1oc(-c2ccc(C(C)(C)C)cc2)nc1COC[C@@H]1CCCC(COC(C)(C)C(=O)O)C1. The molecule has 0 bridgehead atoms. The van der Waals surface area contributed by atoms with Gasteiger partial charge in [0.05, 0.1) is 13.2 Å². The maximum Gasteiger partial charge on any atom is 0.335 e. The van der Waals surface area contributed by atoms with E-state index >= 15 is 0 Å². The minimum absolute atomic E-state index is 0.105. The van der Waals surface area contributed by atoms with Crippen molar-refractivity contribution in [3.8, 4) is 11.5 Å². The van der Waals surface area contributed by atoms with Crippen LogP contribution in [0.3, 0.4) is 0 Å². The number of benzene rings is 1. The van der Waals surface area contributed by atoms with Gasteiger partial charge >= 0.3 is 5.97 Å². The average Bonchev–Trinajstić information content (AvgIpc) is 3.22. The lowest BCUT2D eigenvalue weighted by Crippen LogP contribution is -2.37. The first-order valence-electron chi connectivity index (χ1n) is 12.9. The molecule has 1 aromatic heterocycles. The summed E-state index contributed by atoms with van der Waals surface area (Å²) in [5.41, 5.74) is 2.09. The van der Waals surface area contributed by atoms with Crippen LogP contribution in [0.1, 0.15) is 97.1 Å². The van der Waals surface area contributed by atoms with Crippen LogP contribution in [0.15, 0.2) is 28.7 Å². The molecular weight excluding hydrogens is 442 g/mol. The van der Waals surface area contributed by atoms with Gasteiger partial charge in [-0.3, -0.25) is 0 Å². The van der Waals surface area contributed by atoms with Gasteiger partial charge in [0.25, 0.3) is 0 Å². The van der Waals surface area contributed by atoms with E-state index in [-0.39, 0.29) is 11.3 Å². The number of carbonyl (C=O) groups is 1. The first kappa shape index (κ1) is 27.4. The zero-order valence-corrected chi connectivity index (χ0v) is 22.5. The van der Waals surface area contributed by atoms with Gasteiger partial charge in [0.1, 0.15) is 11.5 Å². The molecule has 0 radical (unpaired) electrons. The molecule has 1 unspecified atom stereocenters. The number of oxazole rings is 1. The Morgan fingerprint density at radius 1 is 1.09 bits per heavy atom. The second kappa shape index (κ2) is 11.3. The summed E-state index contributed by atoms with van der Waals surface area (Å²) < 4.78 is 18.0. The molecule has 1 aliphatic carbocycles. The molecule has 6 nitrogen and oxygen atoms in total. The second-order valence-corrected chi connectivity index (χ2v) is 11.9. The molecule has 3 rings (SSSR count). The number of aromatic nitrogens is 1. The number of hydrogen-bond acceptors (Lipinski definition) is 5. The van der Waals surface area contributed by atoms with Crippen molar-refractivity contribution in [1.82, 2.24) is 4.98 Å². The normalized spacial score (nSPS) is 19.3. The molecule has 1 saturated carbocycles. The molecule has 1 fully saturated rings. The molecule has 1 N–H and O–H groups in total. The fraction of sp³-hybridized carbons (Fsp3) is 0.655. The lowest BCUT2D eigenvalue weighted by Gasteiger charge is -2.31. The molecule has 194 valence electrons. The summed E-state index contributed by atoms with van der Waals surface area (Å²) in [6.45, 7) is 15.6. The lowest BCUT2D eigenvalue weighted by molar-refractivity contribution is -0.163. The van der Waals surface area contributed by atoms with Crippen molar-refractivity contribution < 1.29 is 23.8 Å². The fourth-order valence-electron chi connectivity index (χ4n) is 4.57. The Morgan fingerprint density at radius 2 is 1.71 bits per heavy atom. The summed E-state index contributed by atoms with van der Waals surface area (Å²) >= 11 is 0. The molecule has 2 aromatic rings. The molecule has 0 amide bonds. The maximum atomic E-state index is 11.3. The summed E-state index contributed by atoms with van der Waals surface area (Å²) in [7, 11) is 0. The van der Waals surface area contributed by atoms with Crippen LogP contribution < -0.4 is 0 Å². The van der Waals surface area contributed by atoms with E-state index in [4.69, 9.17) is 18.9 Å². The second-order valence-electron chi connectivity index (χ2n) is 11.9. The summed E-state index contributed by atoms with van der Waals surface area (Å²) in [6.07, 6.45) is 4.31. The van der Waals surface area contributed by atoms with E-state index in [0.717, 1.165) is 42.7 Å². The summed E-state index contributed by atoms with van der Waals surface area (Å²) in [6, 6.07) is 8.45. The zero-order chi connectivity index (χ0) is 25.8. The van der Waals surface area contributed by atoms with Crippen LogP contribution >= 0.6 is 0 Å². The van der Waals surface area contributed by atoms with Crippen molar-refractivity contribution in [2.24, 2.45) is 11.8 Å². The Morgan fingerprint density at radius 3 is 2.29 bits per heavy atom. The van der Waals surface area contributed by atoms with Gasteiger partial charge in [-0.1, -0.05) is 53.2 Å². The van der Waals surface area contributed by atoms with E-state index in [2.05, 4.69) is 58.9 Å². The highest BCUT2D eigenvalue weighted by Crippen LogP contribution is 2.32. The third-order valence-corrected chi connectivity index (χ3v) is 6.93. The fourth-order valence-corrected chi connectivity index (χ4v) is 4.57. The largest absolute Gasteiger partial charge is 0.479 e. The van der Waals surface area contributed by atoms with Gasteiger partial charge < -0.3 is 19.0 Å². The van der Waals surface area contributed by atoms with E-state index in [1.807, 2.05) is 0 Å². The minimum Gasteiger partial charge on any atom is -0.479 e. The summed E-state index contributed by atoms with van der Waals surface area (Å²) in [5, 5.41) is 9.27. The number of nitrogens with zero attached hydrogens (tertiary/aromatic N) is 1. The average molecular weight is 486 g/mol. The molecule has 1 heterocycles. The Labute approximate surface area is 210 Å². The van der Waals surface area contributed by atoms with Crippen LogP contribution in [-0.2, 0) is 26.3 Å². The van der Waals surface area contributed by atoms with Crippen LogP contribution in [0.25, 0.3) is 11.5 Å². The molecular formula is C29H43NO5. The van der Waals surface area contributed by atoms with Crippen molar-refractivity contribution in [2.75, 3.05) is 13.2 Å². The molecule has 35 heavy (non-hydrogen) atoms. The van der Waals surface area contributed by atoms with Gasteiger partial charge in [-0.15, -0.1) is 0 Å². The first-order chi connectivity index (χ1) is 16.4. The summed E-state index contributed by atoms with van der Waals surface area (Å²) in [5.74, 6) is 1.64. The molecule has 0 saturated heterocycles. The van der Waals surface area contributed by atoms with E-state index < -0.39 is 11.6 Å². The topological polar surface area (TPSA) is 81.8 Å². The quantitative estimate of drug-likeness (QED) is 0.391. The van der Waals surface area contributed by atoms with E-state index in [9.17, 15) is 9.90 Å². The van der Waals surface area contributed by atoms with E-state index in [1.165, 1.54) is 5.56 Å². The van der Waals surface area contributed by atoms with Gasteiger partial charge in [-0.05, 0) is 68.1 Å². The maximum absolute atomic E-state index is 11.3. The lowest BCUT2D eigenvalue weighted by atomic mass is 9.82. The van der Waals surface area contributed by atoms with Crippen LogP contribution in [0.5, 0.6) is 0 Å². The minimum atomic E-state index is -1.14. The predicted molar refractivity (Wildman–Crippen MR) is 137 cm³/mol. The zero-order valence-electron chi connectivity index (χ0n) is 22.5. The van der Waals surface area contributed by atoms with Crippen LogP contribution in [0.2, 0.25) is 0 Å². The van der Waals surface area contributed by atoms with Gasteiger partial charge in [-0.2, -0.15) is 0 Å². The van der Waals surface area contributed by atoms with Gasteiger partial charge in [0.15, 0.2) is 5.60 Å². The highest BCUT2D eigenvalue weighted by molar-refractivity contribution is 5.76. The number of rotatable bonds is 10. The molecule has 1 aromatic carbocycles. The van der Waals surface area contributed by atoms with Gasteiger partial charge in [0, 0.05) is 18.1 Å². The molecule has 2 atom stereocenters. The molecule has 0 spiro atoms. The number of hydrogen-bond donors (Lipinski definition) is 1. The van der Waals surface area contributed by atoms with Crippen LogP contribution in [0, 0.1) is 11.8 Å². The van der Waals surface area contributed by atoms with Crippen molar-refractivity contribution in [3.63, 3.8) is 0 Å². The highest BCUT2D eigenvalue weighted by atomic mass is 16.5. The van der Waals surface area contributed by atoms with E-state index in [0.29, 0.717) is 37.5 Å². The summed E-state index contributed by atoms with van der Waals surface area (Å²) in [4.78, 5) is 16.1. The van der Waals surface area contributed by atoms with Gasteiger partial charge in [0.2, 0.25) is 5.89 Å². The third-order valence-electron chi connectivity index (χ3n) is 6.93. The Bertz CT molecular complexity index is 968. The molecule has 0 aliphatic heterocycles. The predicted octanol–water partition coefficient (Wildman–Crippen LogP) is 6.97. The molecule has 1 aliphatic rings. The van der Waals surface area contributed by atoms with Crippen LogP contribution in [0.4, 0.5) is 0 Å². The Kier molecular flexibility index (Phi) is 8.81. The number of aliphatic carboxylic acids is 1. The third kappa shape index (κ3) is 7.40. The first-order valence-corrected chi connectivity index (χ1v) is 12.9. The smallest absolute Gasteiger partial charge is 0.335 e. The Hall–Kier alpha value is -2.18. The van der Waals surface area contributed by atoms with E-state index in [1.54, 1.807) is 13.8 Å². The Balaban J connectivity index is 1.57. The van der Waals surface area contributed by atoms with Crippen molar-refractivity contribution in [1.29, 1.82) is 0 Å². The standard InChI is InChI=1S/C29H43NO5/c1-19(2)25-24(30-26(35-25)22-11-13-23(14-12-22)28(3,4)5)18-33-16-20-9-8-10-21(15-20)17-34-29(6,7)27(31)32/h11-14,19-21H,8-10,15-18H2,1-7H3,(H,31,32)/t20-,21?/m1/s1. The van der Waals surface area contributed by atoms with Crippen molar-refractivity contribution >= 4 is 5.97 Å². The van der Waals surface area contributed by atoms with Crippen molar-refractivity contribution in [2.45, 2.75) is 97.7 Å². The number of carboxylic acids is 1. The van der Waals surface area contributed by atoms with Crippen LogP contribution in [-0.4, -0.2) is 34.9 Å². The number of carboxylic acid groups (broad SMARTS) is 1.